The van der Waals surface area contributed by atoms with Crippen molar-refractivity contribution in [2.45, 2.75) is 0 Å². The molecule has 0 spiro atoms. The minimum Gasteiger partial charge on any atom is -0.456 e. The van der Waals surface area contributed by atoms with Gasteiger partial charge in [-0.2, -0.15) is 0 Å². The first-order chi connectivity index (χ1) is 42.5. The predicted octanol–water partition coefficient (Wildman–Crippen LogP) is 20.7. The number of nitrogens with zero attached hydrogens (tertiary/aromatic N) is 6. The summed E-state index contributed by atoms with van der Waals surface area (Å²) in [6.45, 7) is 0. The zero-order valence-electron chi connectivity index (χ0n) is 45.6. The quantitative estimate of drug-likeness (QED) is 0.177. The topological polar surface area (TPSA) is 69.7 Å². The Hall–Kier alpha value is -11.7. The number of hydrogen-bond donors (Lipinski definition) is 0. The third-order valence-electron chi connectivity index (χ3n) is 19.2. The highest BCUT2D eigenvalue weighted by molar-refractivity contribution is 6.23. The van der Waals surface area contributed by atoms with Gasteiger partial charge in [0.1, 0.15) is 22.3 Å². The largest absolute Gasteiger partial charge is 0.456 e. The van der Waals surface area contributed by atoms with Crippen LogP contribution in [0.4, 0.5) is 0 Å². The van der Waals surface area contributed by atoms with Gasteiger partial charge in [-0.25, -0.2) is 9.97 Å². The second-order valence-electron chi connectivity index (χ2n) is 23.8. The molecule has 0 radical (unpaired) electrons. The van der Waals surface area contributed by atoms with E-state index in [1.165, 1.54) is 59.4 Å². The van der Waals surface area contributed by atoms with Crippen LogP contribution in [-0.2, 0) is 0 Å². The lowest BCUT2D eigenvalue weighted by atomic mass is 9.96. The number of hydrogen-bond acceptors (Lipinski definition) is 4. The van der Waals surface area contributed by atoms with E-state index in [0.717, 1.165) is 149 Å². The summed E-state index contributed by atoms with van der Waals surface area (Å²) < 4.78 is 22.5. The van der Waals surface area contributed by atoms with E-state index in [4.69, 9.17) is 18.8 Å². The van der Waals surface area contributed by atoms with Crippen LogP contribution >= 0.6 is 0 Å². The van der Waals surface area contributed by atoms with Crippen LogP contribution in [-0.4, -0.2) is 27.6 Å². The second-order valence-corrected chi connectivity index (χ2v) is 23.8. The molecule has 8 nitrogen and oxygen atoms in total. The first-order valence-electron chi connectivity index (χ1n) is 29.3. The standard InChI is InChI=1S/C78H40N6O2/c1-3-12-43-35-65-58(28-41(43)10-1)61-31-52(47-24-25-73-60(29-47)56-15-6-7-18-71(56)85-73)39-69-74(61)83(65)78-80-64-34-51-27-46(21-23-49(51)38-68(64)81(69)78)45-20-22-48-36-66-59(30-50(48)26-45)62-32-53(54-16-9-17-57-55-14-5-8-19-72(55)86-76(54)57)40-70-75(62)84(66)77-79-63-33-42-11-2-4-13-44(42)37-67(63)82(70)77/h1-40H. The Morgan fingerprint density at radius 3 is 1.36 bits per heavy atom. The van der Waals surface area contributed by atoms with Crippen LogP contribution in [0, 0.1) is 0 Å². The predicted molar refractivity (Wildman–Crippen MR) is 354 cm³/mol. The number of rotatable bonds is 3. The molecule has 0 amide bonds. The van der Waals surface area contributed by atoms with E-state index in [0.29, 0.717) is 0 Å². The third kappa shape index (κ3) is 5.54. The summed E-state index contributed by atoms with van der Waals surface area (Å²) in [4.78, 5) is 11.0. The molecule has 22 aromatic rings. The highest BCUT2D eigenvalue weighted by atomic mass is 16.3. The summed E-state index contributed by atoms with van der Waals surface area (Å²) >= 11 is 0. The molecule has 8 heteroatoms. The first-order valence-corrected chi connectivity index (χ1v) is 29.3. The van der Waals surface area contributed by atoms with E-state index in [1.54, 1.807) is 0 Å². The van der Waals surface area contributed by atoms with Crippen molar-refractivity contribution in [2.24, 2.45) is 0 Å². The SMILES string of the molecule is c1ccc2cc3c(cc2c1)nc1n3c2cc(-c3cccc4c3oc3ccccc34)cc3c4cc5cc(-c6ccc7cc8c(cc7c6)nc6n8c7cc(-c8ccc9oc%10ccccc%10c9c8)cc8c9cc%10ccccc%10cc9n6c87)ccc5cc4n1c32. The zero-order chi connectivity index (χ0) is 55.4. The molecule has 0 aliphatic rings. The lowest BCUT2D eigenvalue weighted by molar-refractivity contribution is 0.669. The molecule has 0 bridgehead atoms. The van der Waals surface area contributed by atoms with Crippen molar-refractivity contribution < 1.29 is 8.83 Å². The van der Waals surface area contributed by atoms with Crippen molar-refractivity contribution in [3.05, 3.63) is 243 Å². The Morgan fingerprint density at radius 2 is 0.698 bits per heavy atom. The van der Waals surface area contributed by atoms with Gasteiger partial charge in [-0.3, -0.25) is 17.6 Å². The summed E-state index contributed by atoms with van der Waals surface area (Å²) in [5, 5.41) is 18.7. The van der Waals surface area contributed by atoms with Crippen molar-refractivity contribution in [1.82, 2.24) is 27.6 Å². The molecule has 86 heavy (non-hydrogen) atoms. The van der Waals surface area contributed by atoms with Gasteiger partial charge in [0.15, 0.2) is 0 Å². The zero-order valence-corrected chi connectivity index (χ0v) is 45.6. The summed E-state index contributed by atoms with van der Waals surface area (Å²) in [6, 6.07) is 88.9. The first kappa shape index (κ1) is 43.9. The number of furan rings is 2. The molecule has 0 saturated heterocycles. The van der Waals surface area contributed by atoms with Gasteiger partial charge in [0.25, 0.3) is 0 Å². The molecule has 0 aliphatic carbocycles. The Kier molecular flexibility index (Phi) is 7.80. The molecule has 0 aliphatic heterocycles. The minimum atomic E-state index is 0.889. The highest BCUT2D eigenvalue weighted by Gasteiger charge is 2.26. The Morgan fingerprint density at radius 1 is 0.244 bits per heavy atom. The van der Waals surface area contributed by atoms with Crippen molar-refractivity contribution in [3.8, 4) is 33.4 Å². The Balaban J connectivity index is 0.728. The number of aromatic nitrogens is 6. The molecule has 0 atom stereocenters. The maximum Gasteiger partial charge on any atom is 0.220 e. The maximum atomic E-state index is 6.70. The molecular formula is C78H40N6O2. The van der Waals surface area contributed by atoms with Crippen LogP contribution in [0.25, 0.3) is 209 Å². The van der Waals surface area contributed by atoms with Gasteiger partial charge in [0.2, 0.25) is 11.6 Å². The lowest BCUT2D eigenvalue weighted by Gasteiger charge is -2.08. The van der Waals surface area contributed by atoms with Gasteiger partial charge in [-0.15, -0.1) is 0 Å². The molecule has 8 heterocycles. The van der Waals surface area contributed by atoms with Crippen LogP contribution < -0.4 is 0 Å². The van der Waals surface area contributed by atoms with Gasteiger partial charge in [0, 0.05) is 48.7 Å². The monoisotopic (exact) mass is 1090 g/mol. The van der Waals surface area contributed by atoms with Crippen molar-refractivity contribution >= 4 is 175 Å². The molecule has 0 unspecified atom stereocenters. The van der Waals surface area contributed by atoms with E-state index in [-0.39, 0.29) is 0 Å². The second kappa shape index (κ2) is 15.3. The Labute approximate surface area is 485 Å². The maximum absolute atomic E-state index is 6.70. The Bertz CT molecular complexity index is 6840. The molecular weight excluding hydrogens is 1050 g/mol. The van der Waals surface area contributed by atoms with Gasteiger partial charge in [0.05, 0.1) is 55.2 Å². The van der Waals surface area contributed by atoms with Crippen molar-refractivity contribution in [3.63, 3.8) is 0 Å². The van der Waals surface area contributed by atoms with Crippen molar-refractivity contribution in [2.75, 3.05) is 0 Å². The van der Waals surface area contributed by atoms with E-state index >= 15 is 0 Å². The molecule has 0 fully saturated rings. The van der Waals surface area contributed by atoms with Crippen molar-refractivity contribution in [1.29, 1.82) is 0 Å². The normalized spacial score (nSPS) is 12.9. The van der Waals surface area contributed by atoms with Gasteiger partial charge in [-0.1, -0.05) is 133 Å². The number of imidazole rings is 4. The average Bonchev–Trinajstić information content (AvgIpc) is 1.64. The average molecular weight is 1090 g/mol. The molecule has 8 aromatic heterocycles. The molecule has 394 valence electrons. The van der Waals surface area contributed by atoms with Crippen LogP contribution in [0.5, 0.6) is 0 Å². The van der Waals surface area contributed by atoms with Gasteiger partial charge in [-0.05, 0) is 180 Å². The number of para-hydroxylation sites is 3. The third-order valence-corrected chi connectivity index (χ3v) is 19.2. The fourth-order valence-corrected chi connectivity index (χ4v) is 15.3. The van der Waals surface area contributed by atoms with Gasteiger partial charge >= 0.3 is 0 Å². The van der Waals surface area contributed by atoms with Crippen LogP contribution in [0.2, 0.25) is 0 Å². The molecule has 22 rings (SSSR count). The summed E-state index contributed by atoms with van der Waals surface area (Å²) in [5.74, 6) is 1.82. The van der Waals surface area contributed by atoms with Crippen LogP contribution in [0.1, 0.15) is 0 Å². The van der Waals surface area contributed by atoms with Crippen LogP contribution in [0.15, 0.2) is 251 Å². The van der Waals surface area contributed by atoms with Gasteiger partial charge < -0.3 is 8.83 Å². The van der Waals surface area contributed by atoms with E-state index in [1.807, 2.05) is 18.2 Å². The summed E-state index contributed by atoms with van der Waals surface area (Å²) in [7, 11) is 0. The smallest absolute Gasteiger partial charge is 0.220 e. The fourth-order valence-electron chi connectivity index (χ4n) is 15.3. The summed E-state index contributed by atoms with van der Waals surface area (Å²) in [5.41, 5.74) is 21.3. The molecule has 0 saturated carbocycles. The van der Waals surface area contributed by atoms with Crippen LogP contribution in [0.3, 0.4) is 0 Å². The van der Waals surface area contributed by atoms with E-state index < -0.39 is 0 Å². The highest BCUT2D eigenvalue weighted by Crippen LogP contribution is 2.46. The minimum absolute atomic E-state index is 0.889. The lowest BCUT2D eigenvalue weighted by Crippen LogP contribution is -1.86. The summed E-state index contributed by atoms with van der Waals surface area (Å²) in [6.07, 6.45) is 0. The fraction of sp³-hybridized carbons (Fsp3) is 0. The molecule has 14 aromatic carbocycles. The number of benzene rings is 14. The molecule has 0 N–H and O–H groups in total. The van der Waals surface area contributed by atoms with E-state index in [9.17, 15) is 0 Å². The number of fused-ring (bicyclic) bond motifs is 26. The van der Waals surface area contributed by atoms with E-state index in [2.05, 4.69) is 242 Å².